The third kappa shape index (κ3) is 3.28. The highest BCUT2D eigenvalue weighted by Gasteiger charge is 2.42. The van der Waals surface area contributed by atoms with Gasteiger partial charge in [0.15, 0.2) is 0 Å². The summed E-state index contributed by atoms with van der Waals surface area (Å²) in [6, 6.07) is 17.2. The number of ether oxygens (including phenoxy) is 1. The van der Waals surface area contributed by atoms with Crippen molar-refractivity contribution >= 4 is 19.0 Å². The Labute approximate surface area is 153 Å². The Morgan fingerprint density at radius 3 is 2.31 bits per heavy atom. The molecule has 0 radical (unpaired) electrons. The number of allylic oxidation sites excluding steroid dienone is 1. The molecule has 0 N–H and O–H groups in total. The number of para-hydroxylation sites is 1. The first kappa shape index (κ1) is 17.3. The molecule has 0 aromatic heterocycles. The molecule has 4 nitrogen and oxygen atoms in total. The molecule has 2 aliphatic rings. The molecule has 1 saturated heterocycles. The van der Waals surface area contributed by atoms with Crippen LogP contribution in [0.4, 0.5) is 0 Å². The number of benzene rings is 2. The molecule has 0 atom stereocenters. The SMILES string of the molecule is CC1(C)COP(=O)(/C(=C2/C=Cc3ccccc3O2)c2ccccc2)OC1. The van der Waals surface area contributed by atoms with Gasteiger partial charge in [-0.3, -0.25) is 4.57 Å². The molecule has 0 saturated carbocycles. The first-order valence-electron chi connectivity index (χ1n) is 8.61. The summed E-state index contributed by atoms with van der Waals surface area (Å²) in [6.07, 6.45) is 3.79. The van der Waals surface area contributed by atoms with E-state index in [1.807, 2.05) is 80.6 Å². The second-order valence-corrected chi connectivity index (χ2v) is 9.22. The summed E-state index contributed by atoms with van der Waals surface area (Å²) in [5, 5.41) is 0.472. The molecule has 0 aliphatic carbocycles. The molecule has 2 aromatic carbocycles. The van der Waals surface area contributed by atoms with Gasteiger partial charge in [0.05, 0.1) is 13.2 Å². The average molecular weight is 368 g/mol. The van der Waals surface area contributed by atoms with Crippen molar-refractivity contribution in [2.24, 2.45) is 5.41 Å². The van der Waals surface area contributed by atoms with E-state index in [9.17, 15) is 4.57 Å². The van der Waals surface area contributed by atoms with Gasteiger partial charge in [-0.05, 0) is 23.8 Å². The van der Waals surface area contributed by atoms with Crippen molar-refractivity contribution in [3.05, 3.63) is 77.6 Å². The van der Waals surface area contributed by atoms with Crippen molar-refractivity contribution in [3.8, 4) is 5.75 Å². The second kappa shape index (κ2) is 6.55. The predicted molar refractivity (Wildman–Crippen MR) is 103 cm³/mol. The van der Waals surface area contributed by atoms with Crippen LogP contribution in [0.3, 0.4) is 0 Å². The van der Waals surface area contributed by atoms with E-state index < -0.39 is 7.60 Å². The minimum Gasteiger partial charge on any atom is -0.456 e. The Morgan fingerprint density at radius 1 is 0.923 bits per heavy atom. The maximum atomic E-state index is 13.6. The molecule has 0 amide bonds. The Bertz CT molecular complexity index is 914. The molecular formula is C21H21O4P. The van der Waals surface area contributed by atoms with E-state index in [1.54, 1.807) is 0 Å². The van der Waals surface area contributed by atoms with Crippen molar-refractivity contribution in [2.75, 3.05) is 13.2 Å². The van der Waals surface area contributed by atoms with Crippen LogP contribution in [0.1, 0.15) is 25.0 Å². The topological polar surface area (TPSA) is 44.8 Å². The summed E-state index contributed by atoms with van der Waals surface area (Å²) in [5.41, 5.74) is 1.58. The summed E-state index contributed by atoms with van der Waals surface area (Å²) < 4.78 is 31.3. The van der Waals surface area contributed by atoms with Gasteiger partial charge in [-0.25, -0.2) is 0 Å². The van der Waals surface area contributed by atoms with Gasteiger partial charge < -0.3 is 13.8 Å². The Hall–Kier alpha value is -2.13. The van der Waals surface area contributed by atoms with Gasteiger partial charge in [0.1, 0.15) is 16.8 Å². The van der Waals surface area contributed by atoms with Gasteiger partial charge in [-0.2, -0.15) is 0 Å². The first-order chi connectivity index (χ1) is 12.5. The second-order valence-electron chi connectivity index (χ2n) is 7.26. The van der Waals surface area contributed by atoms with Gasteiger partial charge in [0.25, 0.3) is 0 Å². The fourth-order valence-electron chi connectivity index (χ4n) is 2.92. The van der Waals surface area contributed by atoms with Crippen molar-refractivity contribution in [2.45, 2.75) is 13.8 Å². The van der Waals surface area contributed by atoms with Crippen molar-refractivity contribution < 1.29 is 18.3 Å². The van der Waals surface area contributed by atoms with Gasteiger partial charge >= 0.3 is 7.60 Å². The summed E-state index contributed by atoms with van der Waals surface area (Å²) in [4.78, 5) is 0. The lowest BCUT2D eigenvalue weighted by atomic mass is 9.97. The molecule has 2 aromatic rings. The molecule has 2 heterocycles. The molecular weight excluding hydrogens is 347 g/mol. The van der Waals surface area contributed by atoms with Crippen LogP contribution in [0.15, 0.2) is 66.4 Å². The normalized spacial score (nSPS) is 22.2. The van der Waals surface area contributed by atoms with Crippen LogP contribution < -0.4 is 4.74 Å². The third-order valence-corrected chi connectivity index (χ3v) is 6.32. The quantitative estimate of drug-likeness (QED) is 0.635. The van der Waals surface area contributed by atoms with Crippen LogP contribution in [-0.2, 0) is 13.6 Å². The van der Waals surface area contributed by atoms with Gasteiger partial charge in [0.2, 0.25) is 0 Å². The van der Waals surface area contributed by atoms with Crippen LogP contribution in [0.5, 0.6) is 5.75 Å². The highest BCUT2D eigenvalue weighted by molar-refractivity contribution is 7.65. The first-order valence-corrected chi connectivity index (χ1v) is 10.2. The molecule has 2 aliphatic heterocycles. The molecule has 0 unspecified atom stereocenters. The minimum atomic E-state index is -3.50. The Balaban J connectivity index is 1.82. The number of hydrogen-bond acceptors (Lipinski definition) is 4. The van der Waals surface area contributed by atoms with Crippen molar-refractivity contribution in [1.82, 2.24) is 0 Å². The van der Waals surface area contributed by atoms with E-state index >= 15 is 0 Å². The van der Waals surface area contributed by atoms with E-state index in [0.29, 0.717) is 24.3 Å². The predicted octanol–water partition coefficient (Wildman–Crippen LogP) is 5.73. The molecule has 5 heteroatoms. The van der Waals surface area contributed by atoms with E-state index in [-0.39, 0.29) is 5.41 Å². The third-order valence-electron chi connectivity index (χ3n) is 4.36. The highest BCUT2D eigenvalue weighted by Crippen LogP contribution is 2.65. The van der Waals surface area contributed by atoms with E-state index in [2.05, 4.69) is 0 Å². The zero-order valence-corrected chi connectivity index (χ0v) is 15.7. The van der Waals surface area contributed by atoms with Crippen molar-refractivity contribution in [3.63, 3.8) is 0 Å². The van der Waals surface area contributed by atoms with Gasteiger partial charge in [-0.1, -0.05) is 62.4 Å². The largest absolute Gasteiger partial charge is 0.456 e. The van der Waals surface area contributed by atoms with E-state index in [0.717, 1.165) is 16.9 Å². The zero-order valence-electron chi connectivity index (χ0n) is 14.8. The molecule has 0 spiro atoms. The van der Waals surface area contributed by atoms with Crippen LogP contribution in [-0.4, -0.2) is 13.2 Å². The molecule has 4 rings (SSSR count). The summed E-state index contributed by atoms with van der Waals surface area (Å²) >= 11 is 0. The van der Waals surface area contributed by atoms with Crippen molar-refractivity contribution in [1.29, 1.82) is 0 Å². The molecule has 1 fully saturated rings. The molecule has 134 valence electrons. The smallest absolute Gasteiger partial charge is 0.365 e. The fraction of sp³-hybridized carbons (Fsp3) is 0.238. The summed E-state index contributed by atoms with van der Waals surface area (Å²) in [6.45, 7) is 4.79. The van der Waals surface area contributed by atoms with Crippen LogP contribution >= 0.6 is 7.60 Å². The maximum Gasteiger partial charge on any atom is 0.365 e. The summed E-state index contributed by atoms with van der Waals surface area (Å²) in [5.74, 6) is 1.22. The standard InChI is InChI=1S/C21H21O4P/c1-21(2)14-23-26(22,24-15-21)20(17-9-4-3-5-10-17)19-13-12-16-8-6-7-11-18(16)25-19/h3-13H,14-15H2,1-2H3/b20-19-. The lowest BCUT2D eigenvalue weighted by Crippen LogP contribution is -2.29. The zero-order chi connectivity index (χ0) is 18.2. The van der Waals surface area contributed by atoms with Crippen LogP contribution in [0, 0.1) is 5.41 Å². The number of fused-ring (bicyclic) bond motifs is 1. The lowest BCUT2D eigenvalue weighted by Gasteiger charge is -2.35. The Morgan fingerprint density at radius 2 is 1.58 bits per heavy atom. The Kier molecular flexibility index (Phi) is 4.36. The highest BCUT2D eigenvalue weighted by atomic mass is 31.2. The summed E-state index contributed by atoms with van der Waals surface area (Å²) in [7, 11) is -3.50. The average Bonchev–Trinajstić information content (AvgIpc) is 2.66. The number of hydrogen-bond donors (Lipinski definition) is 0. The fourth-order valence-corrected chi connectivity index (χ4v) is 5.14. The van der Waals surface area contributed by atoms with Gasteiger partial charge in [-0.15, -0.1) is 0 Å². The van der Waals surface area contributed by atoms with Gasteiger partial charge in [0, 0.05) is 11.0 Å². The number of rotatable bonds is 2. The van der Waals surface area contributed by atoms with E-state index in [1.165, 1.54) is 0 Å². The van der Waals surface area contributed by atoms with Crippen LogP contribution in [0.2, 0.25) is 0 Å². The minimum absolute atomic E-state index is 0.170. The lowest BCUT2D eigenvalue weighted by molar-refractivity contribution is 0.0466. The maximum absolute atomic E-state index is 13.6. The molecule has 0 bridgehead atoms. The molecule has 26 heavy (non-hydrogen) atoms. The van der Waals surface area contributed by atoms with Crippen LogP contribution in [0.25, 0.3) is 11.4 Å². The van der Waals surface area contributed by atoms with E-state index in [4.69, 9.17) is 13.8 Å². The monoisotopic (exact) mass is 368 g/mol.